The molecule has 1 aromatic heterocycles. The van der Waals surface area contributed by atoms with Crippen LogP contribution in [0.25, 0.3) is 28.2 Å². The average molecular weight is 506 g/mol. The van der Waals surface area contributed by atoms with Crippen molar-refractivity contribution in [3.05, 3.63) is 125 Å². The summed E-state index contributed by atoms with van der Waals surface area (Å²) in [6.45, 7) is 3.42. The molecule has 4 aromatic carbocycles. The van der Waals surface area contributed by atoms with E-state index in [0.29, 0.717) is 17.0 Å². The third-order valence-corrected chi connectivity index (χ3v) is 6.13. The van der Waals surface area contributed by atoms with E-state index in [9.17, 15) is 14.0 Å². The predicted molar refractivity (Wildman–Crippen MR) is 143 cm³/mol. The van der Waals surface area contributed by atoms with Gasteiger partial charge in [0.2, 0.25) is 0 Å². The summed E-state index contributed by atoms with van der Waals surface area (Å²) in [6.07, 6.45) is 0. The molecule has 0 atom stereocenters. The molecule has 0 amide bonds. The zero-order chi connectivity index (χ0) is 26.6. The van der Waals surface area contributed by atoms with E-state index in [-0.39, 0.29) is 17.4 Å². The first kappa shape index (κ1) is 24.8. The number of hydrogen-bond donors (Lipinski definition) is 0. The lowest BCUT2D eigenvalue weighted by Gasteiger charge is -2.10. The van der Waals surface area contributed by atoms with Crippen LogP contribution in [-0.4, -0.2) is 33.1 Å². The van der Waals surface area contributed by atoms with Crippen LogP contribution in [0.3, 0.4) is 0 Å². The van der Waals surface area contributed by atoms with Gasteiger partial charge in [0.25, 0.3) is 5.82 Å². The van der Waals surface area contributed by atoms with Gasteiger partial charge in [0.15, 0.2) is 18.2 Å². The molecule has 1 heterocycles. The number of aromatic nitrogens is 3. The van der Waals surface area contributed by atoms with Crippen LogP contribution >= 0.6 is 0 Å². The third-order valence-electron chi connectivity index (χ3n) is 6.13. The molecule has 38 heavy (non-hydrogen) atoms. The van der Waals surface area contributed by atoms with Crippen molar-refractivity contribution >= 4 is 11.8 Å². The highest BCUT2D eigenvalue weighted by Crippen LogP contribution is 2.25. The van der Waals surface area contributed by atoms with Gasteiger partial charge in [-0.3, -0.25) is 4.79 Å². The maximum atomic E-state index is 13.6. The lowest BCUT2D eigenvalue weighted by Crippen LogP contribution is -2.15. The minimum Gasteiger partial charge on any atom is -0.451 e. The smallest absolute Gasteiger partial charge is 0.378 e. The van der Waals surface area contributed by atoms with Crippen molar-refractivity contribution in [2.24, 2.45) is 0 Å². The zero-order valence-corrected chi connectivity index (χ0v) is 20.9. The van der Waals surface area contributed by atoms with Gasteiger partial charge >= 0.3 is 5.97 Å². The molecule has 0 spiro atoms. The van der Waals surface area contributed by atoms with Gasteiger partial charge in [-0.1, -0.05) is 66.7 Å². The van der Waals surface area contributed by atoms with Crippen molar-refractivity contribution in [3.63, 3.8) is 0 Å². The molecule has 7 heteroatoms. The summed E-state index contributed by atoms with van der Waals surface area (Å²) < 4.78 is 20.4. The first-order valence-corrected chi connectivity index (χ1v) is 12.1. The van der Waals surface area contributed by atoms with Gasteiger partial charge in [-0.15, -0.1) is 5.10 Å². The number of hydrogen-bond acceptors (Lipinski definition) is 5. The third kappa shape index (κ3) is 5.27. The summed E-state index contributed by atoms with van der Waals surface area (Å²) >= 11 is 0. The van der Waals surface area contributed by atoms with E-state index in [1.807, 2.05) is 74.5 Å². The highest BCUT2D eigenvalue weighted by molar-refractivity contribution is 5.99. The molecular weight excluding hydrogens is 481 g/mol. The van der Waals surface area contributed by atoms with Crippen molar-refractivity contribution in [2.75, 3.05) is 6.61 Å². The average Bonchev–Trinajstić information content (AvgIpc) is 3.39. The second kappa shape index (κ2) is 10.6. The number of ketones is 1. The van der Waals surface area contributed by atoms with Gasteiger partial charge in [-0.05, 0) is 66.4 Å². The van der Waals surface area contributed by atoms with Crippen molar-refractivity contribution in [1.29, 1.82) is 0 Å². The maximum absolute atomic E-state index is 13.6. The highest BCUT2D eigenvalue weighted by atomic mass is 19.1. The fourth-order valence-corrected chi connectivity index (χ4v) is 4.06. The number of ether oxygens (including phenoxy) is 1. The Labute approximate surface area is 219 Å². The number of halogens is 1. The Balaban J connectivity index is 1.37. The molecule has 0 aliphatic heterocycles. The molecule has 188 valence electrons. The first-order valence-electron chi connectivity index (χ1n) is 12.1. The molecule has 5 aromatic rings. The Morgan fingerprint density at radius 3 is 2.18 bits per heavy atom. The van der Waals surface area contributed by atoms with Crippen molar-refractivity contribution in [2.45, 2.75) is 13.8 Å². The van der Waals surface area contributed by atoms with Crippen molar-refractivity contribution in [1.82, 2.24) is 14.8 Å². The molecule has 0 N–H and O–H groups in total. The zero-order valence-electron chi connectivity index (χ0n) is 20.9. The van der Waals surface area contributed by atoms with Crippen molar-refractivity contribution < 1.29 is 18.7 Å². The summed E-state index contributed by atoms with van der Waals surface area (Å²) in [7, 11) is 0. The molecule has 0 fully saturated rings. The molecule has 0 saturated heterocycles. The number of carbonyl (C=O) groups is 2. The van der Waals surface area contributed by atoms with Gasteiger partial charge < -0.3 is 4.74 Å². The highest BCUT2D eigenvalue weighted by Gasteiger charge is 2.22. The van der Waals surface area contributed by atoms with Crippen LogP contribution in [-0.2, 0) is 4.74 Å². The minimum atomic E-state index is -0.827. The first-order chi connectivity index (χ1) is 18.4. The second-order valence-electron chi connectivity index (χ2n) is 8.91. The molecule has 0 aliphatic carbocycles. The second-order valence-corrected chi connectivity index (χ2v) is 8.91. The van der Waals surface area contributed by atoms with E-state index in [0.717, 1.165) is 27.9 Å². The summed E-state index contributed by atoms with van der Waals surface area (Å²) in [6, 6.07) is 28.6. The molecular formula is C31H24FN3O3. The molecule has 0 radical (unpaired) electrons. The lowest BCUT2D eigenvalue weighted by atomic mass is 10.0. The summed E-state index contributed by atoms with van der Waals surface area (Å²) in [5.41, 5.74) is 5.67. The number of rotatable bonds is 7. The summed E-state index contributed by atoms with van der Waals surface area (Å²) in [5.74, 6) is -1.40. The molecule has 6 nitrogen and oxygen atoms in total. The van der Waals surface area contributed by atoms with E-state index < -0.39 is 12.6 Å². The number of esters is 1. The molecule has 0 unspecified atom stereocenters. The number of benzene rings is 4. The normalized spacial score (nSPS) is 10.8. The van der Waals surface area contributed by atoms with E-state index >= 15 is 0 Å². The maximum Gasteiger partial charge on any atom is 0.378 e. The van der Waals surface area contributed by atoms with Gasteiger partial charge in [-0.2, -0.15) is 0 Å². The Morgan fingerprint density at radius 1 is 0.816 bits per heavy atom. The van der Waals surface area contributed by atoms with Crippen LogP contribution in [0.2, 0.25) is 0 Å². The number of aryl methyl sites for hydroxylation is 2. The van der Waals surface area contributed by atoms with Gasteiger partial charge in [0.1, 0.15) is 5.82 Å². The van der Waals surface area contributed by atoms with Crippen LogP contribution in [0.15, 0.2) is 97.1 Å². The van der Waals surface area contributed by atoms with Crippen molar-refractivity contribution in [3.8, 4) is 28.2 Å². The van der Waals surface area contributed by atoms with Crippen LogP contribution in [0.5, 0.6) is 0 Å². The predicted octanol–water partition coefficient (Wildman–Crippen LogP) is 6.40. The Bertz CT molecular complexity index is 1610. The summed E-state index contributed by atoms with van der Waals surface area (Å²) in [4.78, 5) is 30.0. The fourth-order valence-electron chi connectivity index (χ4n) is 4.06. The topological polar surface area (TPSA) is 74.1 Å². The molecule has 0 saturated carbocycles. The number of carbonyl (C=O) groups excluding carboxylic acids is 2. The van der Waals surface area contributed by atoms with E-state index in [2.05, 4.69) is 10.1 Å². The standard InChI is InChI=1S/C31H24FN3O3/c1-20-8-9-21(2)27(18-20)35-30(25-14-16-26(32)17-15-25)33-29(34-35)31(37)38-19-28(36)24-12-10-23(11-13-24)22-6-4-3-5-7-22/h3-18H,19H2,1-2H3. The summed E-state index contributed by atoms with van der Waals surface area (Å²) in [5, 5.41) is 4.40. The van der Waals surface area contributed by atoms with Crippen LogP contribution in [0.4, 0.5) is 4.39 Å². The van der Waals surface area contributed by atoms with Crippen LogP contribution in [0.1, 0.15) is 32.1 Å². The SMILES string of the molecule is Cc1ccc(C)c(-n2nc(C(=O)OCC(=O)c3ccc(-c4ccccc4)cc3)nc2-c2ccc(F)cc2)c1. The van der Waals surface area contributed by atoms with E-state index in [1.54, 1.807) is 24.3 Å². The Morgan fingerprint density at radius 2 is 1.47 bits per heavy atom. The number of Topliss-reactive ketones (excluding diaryl/α,β-unsaturated/α-hetero) is 1. The molecule has 0 aliphatic rings. The molecule has 5 rings (SSSR count). The fraction of sp³-hybridized carbons (Fsp3) is 0.0968. The Hall–Kier alpha value is -4.91. The van der Waals surface area contributed by atoms with E-state index in [4.69, 9.17) is 4.74 Å². The Kier molecular flexibility index (Phi) is 6.91. The minimum absolute atomic E-state index is 0.197. The van der Waals surface area contributed by atoms with Gasteiger partial charge in [0.05, 0.1) is 5.69 Å². The monoisotopic (exact) mass is 505 g/mol. The van der Waals surface area contributed by atoms with Crippen LogP contribution in [0, 0.1) is 19.7 Å². The lowest BCUT2D eigenvalue weighted by molar-refractivity contribution is 0.0462. The van der Waals surface area contributed by atoms with Crippen LogP contribution < -0.4 is 0 Å². The van der Waals surface area contributed by atoms with Gasteiger partial charge in [0, 0.05) is 11.1 Å². The number of nitrogens with zero attached hydrogens (tertiary/aromatic N) is 3. The largest absolute Gasteiger partial charge is 0.451 e. The molecule has 0 bridgehead atoms. The quantitative estimate of drug-likeness (QED) is 0.189. The van der Waals surface area contributed by atoms with Gasteiger partial charge in [-0.25, -0.2) is 18.9 Å². The van der Waals surface area contributed by atoms with E-state index in [1.165, 1.54) is 16.8 Å².